The quantitative estimate of drug-likeness (QED) is 0.176. The Balaban J connectivity index is 1.63. The largest absolute Gasteiger partial charge is 0.389 e. The second-order valence-corrected chi connectivity index (χ2v) is 9.42. The molecule has 3 rings (SSSR count). The number of aliphatic hydroxyl groups excluding tert-OH is 1. The van der Waals surface area contributed by atoms with Crippen molar-refractivity contribution in [3.63, 3.8) is 0 Å². The number of benzene rings is 3. The van der Waals surface area contributed by atoms with Crippen LogP contribution >= 0.6 is 0 Å². The lowest BCUT2D eigenvalue weighted by Crippen LogP contribution is -2.39. The highest BCUT2D eigenvalue weighted by Crippen LogP contribution is 2.40. The average Bonchev–Trinajstić information content (AvgIpc) is 2.93. The molecule has 4 heteroatoms. The number of carbonyl (C=O) groups excluding carboxylic acids is 1. The van der Waals surface area contributed by atoms with E-state index in [2.05, 4.69) is 48.6 Å². The number of hydrogen-bond acceptors (Lipinski definition) is 3. The molecule has 0 radical (unpaired) electrons. The molecule has 36 heavy (non-hydrogen) atoms. The number of hydrogen-bond donors (Lipinski definition) is 2. The van der Waals surface area contributed by atoms with Gasteiger partial charge in [-0.2, -0.15) is 0 Å². The minimum atomic E-state index is -0.882. The Kier molecular flexibility index (Phi) is 11.7. The Hall–Kier alpha value is -2.95. The molecule has 3 aromatic carbocycles. The summed E-state index contributed by atoms with van der Waals surface area (Å²) in [4.78, 5) is 12.3. The molecule has 0 aliphatic carbocycles. The van der Waals surface area contributed by atoms with Crippen LogP contribution in [0.5, 0.6) is 0 Å². The second-order valence-electron chi connectivity index (χ2n) is 9.42. The molecule has 4 nitrogen and oxygen atoms in total. The summed E-state index contributed by atoms with van der Waals surface area (Å²) in [5.74, 6) is -0.0111. The van der Waals surface area contributed by atoms with Crippen LogP contribution in [-0.2, 0) is 15.1 Å². The van der Waals surface area contributed by atoms with Crippen LogP contribution in [0.1, 0.15) is 75.0 Å². The molecule has 0 aliphatic heterocycles. The Morgan fingerprint density at radius 1 is 0.750 bits per heavy atom. The zero-order chi connectivity index (χ0) is 25.5. The van der Waals surface area contributed by atoms with Gasteiger partial charge in [-0.05, 0) is 23.1 Å². The highest BCUT2D eigenvalue weighted by Gasteiger charge is 2.38. The molecule has 1 unspecified atom stereocenters. The number of nitrogens with one attached hydrogen (secondary N) is 1. The van der Waals surface area contributed by atoms with Crippen molar-refractivity contribution in [2.75, 3.05) is 13.2 Å². The van der Waals surface area contributed by atoms with Gasteiger partial charge in [0.1, 0.15) is 5.60 Å². The zero-order valence-corrected chi connectivity index (χ0v) is 21.6. The number of amides is 1. The van der Waals surface area contributed by atoms with Crippen LogP contribution in [0.2, 0.25) is 0 Å². The summed E-state index contributed by atoms with van der Waals surface area (Å²) >= 11 is 0. The van der Waals surface area contributed by atoms with Gasteiger partial charge in [-0.3, -0.25) is 4.79 Å². The van der Waals surface area contributed by atoms with Gasteiger partial charge < -0.3 is 15.2 Å². The second kappa shape index (κ2) is 15.2. The predicted octanol–water partition coefficient (Wildman–Crippen LogP) is 6.61. The molecule has 0 saturated carbocycles. The lowest BCUT2D eigenvalue weighted by Gasteiger charge is -2.36. The van der Waals surface area contributed by atoms with Crippen molar-refractivity contribution in [3.05, 3.63) is 108 Å². The number of aliphatic hydroxyl groups is 1. The third-order valence-corrected chi connectivity index (χ3v) is 6.58. The number of carbonyl (C=O) groups is 1. The number of rotatable bonds is 16. The fourth-order valence-corrected chi connectivity index (χ4v) is 4.61. The van der Waals surface area contributed by atoms with E-state index in [9.17, 15) is 9.90 Å². The van der Waals surface area contributed by atoms with Crippen molar-refractivity contribution in [1.82, 2.24) is 5.32 Å². The summed E-state index contributed by atoms with van der Waals surface area (Å²) < 4.78 is 6.63. The maximum atomic E-state index is 12.3. The zero-order valence-electron chi connectivity index (χ0n) is 21.6. The molecular weight excluding hydrogens is 446 g/mol. The summed E-state index contributed by atoms with van der Waals surface area (Å²) in [5.41, 5.74) is 2.07. The first-order chi connectivity index (χ1) is 17.7. The molecule has 0 aliphatic rings. The predicted molar refractivity (Wildman–Crippen MR) is 147 cm³/mol. The van der Waals surface area contributed by atoms with E-state index in [1.807, 2.05) is 54.6 Å². The van der Waals surface area contributed by atoms with Crippen LogP contribution in [0.4, 0.5) is 0 Å². The smallest absolute Gasteiger partial charge is 0.220 e. The fourth-order valence-electron chi connectivity index (χ4n) is 4.61. The van der Waals surface area contributed by atoms with Crippen LogP contribution in [0.3, 0.4) is 0 Å². The number of ether oxygens (including phenoxy) is 1. The topological polar surface area (TPSA) is 58.6 Å². The van der Waals surface area contributed by atoms with E-state index in [1.165, 1.54) is 32.1 Å². The Morgan fingerprint density at radius 3 is 1.67 bits per heavy atom. The normalized spacial score (nSPS) is 12.3. The lowest BCUT2D eigenvalue weighted by atomic mass is 9.80. The Morgan fingerprint density at radius 2 is 1.19 bits per heavy atom. The van der Waals surface area contributed by atoms with Crippen LogP contribution in [0.25, 0.3) is 0 Å². The number of unbranched alkanes of at least 4 members (excludes halogenated alkanes) is 6. The molecule has 1 atom stereocenters. The minimum Gasteiger partial charge on any atom is -0.389 e. The molecule has 0 aromatic heterocycles. The van der Waals surface area contributed by atoms with Crippen molar-refractivity contribution in [2.24, 2.45) is 0 Å². The van der Waals surface area contributed by atoms with Gasteiger partial charge in [-0.1, -0.05) is 136 Å². The third kappa shape index (κ3) is 8.04. The summed E-state index contributed by atoms with van der Waals surface area (Å²) in [7, 11) is 0. The van der Waals surface area contributed by atoms with Crippen molar-refractivity contribution >= 4 is 5.91 Å². The summed E-state index contributed by atoms with van der Waals surface area (Å²) in [6, 6.07) is 30.3. The molecule has 2 N–H and O–H groups in total. The first-order valence-electron chi connectivity index (χ1n) is 13.4. The first-order valence-corrected chi connectivity index (χ1v) is 13.4. The van der Waals surface area contributed by atoms with Gasteiger partial charge in [0.05, 0.1) is 12.7 Å². The molecule has 0 spiro atoms. The first kappa shape index (κ1) is 27.6. The maximum Gasteiger partial charge on any atom is 0.220 e. The van der Waals surface area contributed by atoms with Crippen LogP contribution < -0.4 is 5.32 Å². The molecule has 3 aromatic rings. The Labute approximate surface area is 216 Å². The highest BCUT2D eigenvalue weighted by molar-refractivity contribution is 5.75. The summed E-state index contributed by atoms with van der Waals surface area (Å²) in [5, 5.41) is 13.6. The van der Waals surface area contributed by atoms with E-state index in [1.54, 1.807) is 0 Å². The molecular formula is C32H41NO3. The summed E-state index contributed by atoms with van der Waals surface area (Å²) in [6.07, 6.45) is 7.91. The van der Waals surface area contributed by atoms with Crippen LogP contribution in [-0.4, -0.2) is 30.3 Å². The van der Waals surface area contributed by atoms with Gasteiger partial charge >= 0.3 is 0 Å². The standard InChI is InChI=1S/C32H41NO3/c1-2-3-4-5-6-7-17-24-31(35)33-25-30(34)26-36-32(27-18-11-8-12-19-27,28-20-13-9-14-21-28)29-22-15-10-16-23-29/h8-16,18-23,30,34H,2-7,17,24-26H2,1H3,(H,33,35). The molecule has 0 fully saturated rings. The highest BCUT2D eigenvalue weighted by atomic mass is 16.5. The van der Waals surface area contributed by atoms with Crippen molar-refractivity contribution in [2.45, 2.75) is 70.0 Å². The van der Waals surface area contributed by atoms with E-state index >= 15 is 0 Å². The van der Waals surface area contributed by atoms with Crippen molar-refractivity contribution in [3.8, 4) is 0 Å². The SMILES string of the molecule is CCCCCCCCCC(=O)NCC(O)COC(c1ccccc1)(c1ccccc1)c1ccccc1. The fraction of sp³-hybridized carbons (Fsp3) is 0.406. The van der Waals surface area contributed by atoms with Gasteiger partial charge in [-0.25, -0.2) is 0 Å². The van der Waals surface area contributed by atoms with E-state index in [0.717, 1.165) is 29.5 Å². The van der Waals surface area contributed by atoms with Gasteiger partial charge in [0, 0.05) is 13.0 Å². The van der Waals surface area contributed by atoms with E-state index in [-0.39, 0.29) is 19.1 Å². The third-order valence-electron chi connectivity index (χ3n) is 6.58. The van der Waals surface area contributed by atoms with Gasteiger partial charge in [0.15, 0.2) is 0 Å². The van der Waals surface area contributed by atoms with Crippen molar-refractivity contribution < 1.29 is 14.6 Å². The van der Waals surface area contributed by atoms with Gasteiger partial charge in [0.25, 0.3) is 0 Å². The monoisotopic (exact) mass is 487 g/mol. The van der Waals surface area contributed by atoms with E-state index in [4.69, 9.17) is 4.74 Å². The molecule has 1 amide bonds. The maximum absolute atomic E-state index is 12.3. The van der Waals surface area contributed by atoms with Crippen LogP contribution in [0.15, 0.2) is 91.0 Å². The minimum absolute atomic E-state index is 0.0111. The molecule has 0 bridgehead atoms. The van der Waals surface area contributed by atoms with Crippen molar-refractivity contribution in [1.29, 1.82) is 0 Å². The average molecular weight is 488 g/mol. The van der Waals surface area contributed by atoms with E-state index in [0.29, 0.717) is 6.42 Å². The molecule has 192 valence electrons. The van der Waals surface area contributed by atoms with Crippen LogP contribution in [0, 0.1) is 0 Å². The Bertz CT molecular complexity index is 895. The summed E-state index contributed by atoms with van der Waals surface area (Å²) in [6.45, 7) is 2.47. The lowest BCUT2D eigenvalue weighted by molar-refractivity contribution is -0.122. The van der Waals surface area contributed by atoms with E-state index < -0.39 is 11.7 Å². The van der Waals surface area contributed by atoms with Gasteiger partial charge in [-0.15, -0.1) is 0 Å². The molecule has 0 saturated heterocycles. The molecule has 0 heterocycles. The van der Waals surface area contributed by atoms with Gasteiger partial charge in [0.2, 0.25) is 5.91 Å².